The van der Waals surface area contributed by atoms with Crippen LogP contribution in [0.3, 0.4) is 0 Å². The van der Waals surface area contributed by atoms with Gasteiger partial charge in [-0.15, -0.1) is 0 Å². The Morgan fingerprint density at radius 3 is 1.76 bits per heavy atom. The summed E-state index contributed by atoms with van der Waals surface area (Å²) in [7, 11) is 0. The van der Waals surface area contributed by atoms with E-state index in [4.69, 9.17) is 14.2 Å². The lowest BCUT2D eigenvalue weighted by Crippen LogP contribution is -2.35. The normalized spacial score (nSPS) is 15.3. The molecular weight excluding hydrogens is 264 g/mol. The van der Waals surface area contributed by atoms with Gasteiger partial charge in [0, 0.05) is 6.61 Å². The molecule has 0 saturated carbocycles. The van der Waals surface area contributed by atoms with E-state index in [1.807, 2.05) is 0 Å². The van der Waals surface area contributed by atoms with Crippen LogP contribution in [0.5, 0.6) is 0 Å². The fraction of sp³-hybridized carbons (Fsp3) is 1.00. The molecule has 0 aromatic rings. The predicted octanol–water partition coefficient (Wildman–Crippen LogP) is 4.69. The predicted molar refractivity (Wildman–Crippen MR) is 89.8 cm³/mol. The van der Waals surface area contributed by atoms with Gasteiger partial charge in [-0.3, -0.25) is 0 Å². The Labute approximate surface area is 132 Å². The number of hydrogen-bond donors (Lipinski definition) is 0. The van der Waals surface area contributed by atoms with E-state index in [0.717, 1.165) is 13.0 Å². The van der Waals surface area contributed by atoms with Crippen LogP contribution in [0, 0.1) is 10.8 Å². The first-order valence-electron chi connectivity index (χ1n) is 8.15. The first-order chi connectivity index (χ1) is 9.31. The second-order valence-corrected chi connectivity index (χ2v) is 9.07. The summed E-state index contributed by atoms with van der Waals surface area (Å²) in [5.41, 5.74) is 0.294. The van der Waals surface area contributed by atoms with Gasteiger partial charge in [-0.2, -0.15) is 0 Å². The van der Waals surface area contributed by atoms with Crippen LogP contribution >= 0.6 is 0 Å². The number of hydrogen-bond acceptors (Lipinski definition) is 3. The second-order valence-electron chi connectivity index (χ2n) is 9.07. The maximum atomic E-state index is 6.06. The van der Waals surface area contributed by atoms with Gasteiger partial charge in [-0.05, 0) is 38.0 Å². The van der Waals surface area contributed by atoms with Crippen LogP contribution in [0.15, 0.2) is 0 Å². The van der Waals surface area contributed by atoms with E-state index in [0.29, 0.717) is 25.2 Å². The molecular formula is C18H38O3. The minimum atomic E-state index is -0.101. The minimum absolute atomic E-state index is 0.0861. The molecule has 21 heavy (non-hydrogen) atoms. The monoisotopic (exact) mass is 302 g/mol. The average Bonchev–Trinajstić information content (AvgIpc) is 2.21. The van der Waals surface area contributed by atoms with Crippen molar-refractivity contribution in [3.05, 3.63) is 0 Å². The molecule has 0 saturated heterocycles. The molecule has 3 nitrogen and oxygen atoms in total. The summed E-state index contributed by atoms with van der Waals surface area (Å²) < 4.78 is 17.5. The van der Waals surface area contributed by atoms with E-state index in [-0.39, 0.29) is 17.1 Å². The van der Waals surface area contributed by atoms with Crippen LogP contribution in [0.2, 0.25) is 0 Å². The second kappa shape index (κ2) is 8.50. The van der Waals surface area contributed by atoms with Crippen molar-refractivity contribution in [2.75, 3.05) is 26.4 Å². The summed E-state index contributed by atoms with van der Waals surface area (Å²) in [4.78, 5) is 0. The van der Waals surface area contributed by atoms with Crippen molar-refractivity contribution >= 4 is 0 Å². The van der Waals surface area contributed by atoms with Crippen molar-refractivity contribution < 1.29 is 14.2 Å². The molecule has 0 spiro atoms. The maximum absolute atomic E-state index is 6.06. The van der Waals surface area contributed by atoms with Crippen molar-refractivity contribution in [1.82, 2.24) is 0 Å². The Morgan fingerprint density at radius 1 is 0.762 bits per heavy atom. The van der Waals surface area contributed by atoms with Crippen LogP contribution in [-0.4, -0.2) is 38.1 Å². The summed E-state index contributed by atoms with van der Waals surface area (Å²) in [5, 5.41) is 0. The Kier molecular flexibility index (Phi) is 8.45. The van der Waals surface area contributed by atoms with Crippen LogP contribution in [-0.2, 0) is 14.2 Å². The average molecular weight is 302 g/mol. The fourth-order valence-electron chi connectivity index (χ4n) is 1.65. The molecule has 0 radical (unpaired) electrons. The van der Waals surface area contributed by atoms with E-state index in [1.165, 1.54) is 0 Å². The van der Waals surface area contributed by atoms with Gasteiger partial charge in [0.1, 0.15) is 0 Å². The van der Waals surface area contributed by atoms with E-state index in [2.05, 4.69) is 62.3 Å². The SMILES string of the molecule is CC(C)(C)CCOC(COCCOC(C)(C)C)C(C)(C)C. The molecule has 0 rings (SSSR count). The minimum Gasteiger partial charge on any atom is -0.376 e. The Bertz CT molecular complexity index is 266. The fourth-order valence-corrected chi connectivity index (χ4v) is 1.65. The molecule has 1 unspecified atom stereocenters. The highest BCUT2D eigenvalue weighted by molar-refractivity contribution is 4.75. The maximum Gasteiger partial charge on any atom is 0.0856 e. The molecule has 0 fully saturated rings. The topological polar surface area (TPSA) is 27.7 Å². The summed E-state index contributed by atoms with van der Waals surface area (Å²) >= 11 is 0. The van der Waals surface area contributed by atoms with Crippen LogP contribution < -0.4 is 0 Å². The molecule has 1 atom stereocenters. The molecule has 128 valence electrons. The molecule has 0 aliphatic carbocycles. The van der Waals surface area contributed by atoms with Gasteiger partial charge in [0.05, 0.1) is 31.5 Å². The summed E-state index contributed by atoms with van der Waals surface area (Å²) in [6.45, 7) is 22.1. The summed E-state index contributed by atoms with van der Waals surface area (Å²) in [5.74, 6) is 0. The first kappa shape index (κ1) is 20.9. The Hall–Kier alpha value is -0.120. The molecule has 0 aliphatic heterocycles. The third-order valence-corrected chi connectivity index (χ3v) is 3.17. The molecule has 0 amide bonds. The van der Waals surface area contributed by atoms with E-state index >= 15 is 0 Å². The lowest BCUT2D eigenvalue weighted by atomic mass is 9.89. The molecule has 0 aromatic heterocycles. The zero-order valence-electron chi connectivity index (χ0n) is 15.8. The standard InChI is InChI=1S/C18H38O3/c1-16(2,3)10-11-20-15(17(4,5)6)14-19-12-13-21-18(7,8)9/h15H,10-14H2,1-9H3. The highest BCUT2D eigenvalue weighted by Gasteiger charge is 2.26. The van der Waals surface area contributed by atoms with Gasteiger partial charge in [0.25, 0.3) is 0 Å². The van der Waals surface area contributed by atoms with Gasteiger partial charge < -0.3 is 14.2 Å². The molecule has 0 bridgehead atoms. The van der Waals surface area contributed by atoms with Crippen LogP contribution in [0.25, 0.3) is 0 Å². The van der Waals surface area contributed by atoms with Gasteiger partial charge in [-0.25, -0.2) is 0 Å². The zero-order valence-corrected chi connectivity index (χ0v) is 15.8. The third kappa shape index (κ3) is 13.3. The Morgan fingerprint density at radius 2 is 1.33 bits per heavy atom. The number of ether oxygens (including phenoxy) is 3. The van der Waals surface area contributed by atoms with Gasteiger partial charge in [-0.1, -0.05) is 41.5 Å². The molecule has 3 heteroatoms. The first-order valence-corrected chi connectivity index (χ1v) is 8.15. The molecule has 0 N–H and O–H groups in total. The number of rotatable bonds is 8. The summed E-state index contributed by atoms with van der Waals surface area (Å²) in [6.07, 6.45) is 1.18. The van der Waals surface area contributed by atoms with Gasteiger partial charge in [0.2, 0.25) is 0 Å². The van der Waals surface area contributed by atoms with E-state index in [9.17, 15) is 0 Å². The van der Waals surface area contributed by atoms with Crippen molar-refractivity contribution in [2.24, 2.45) is 10.8 Å². The third-order valence-electron chi connectivity index (χ3n) is 3.17. The molecule has 0 aromatic carbocycles. The largest absolute Gasteiger partial charge is 0.376 e. The molecule has 0 heterocycles. The lowest BCUT2D eigenvalue weighted by Gasteiger charge is -2.31. The van der Waals surface area contributed by atoms with E-state index < -0.39 is 0 Å². The van der Waals surface area contributed by atoms with Gasteiger partial charge >= 0.3 is 0 Å². The molecule has 0 aliphatic rings. The van der Waals surface area contributed by atoms with Crippen molar-refractivity contribution in [3.8, 4) is 0 Å². The van der Waals surface area contributed by atoms with Crippen molar-refractivity contribution in [1.29, 1.82) is 0 Å². The van der Waals surface area contributed by atoms with E-state index in [1.54, 1.807) is 0 Å². The smallest absolute Gasteiger partial charge is 0.0856 e. The van der Waals surface area contributed by atoms with Crippen molar-refractivity contribution in [2.45, 2.75) is 80.4 Å². The van der Waals surface area contributed by atoms with Crippen LogP contribution in [0.4, 0.5) is 0 Å². The highest BCUT2D eigenvalue weighted by Crippen LogP contribution is 2.25. The van der Waals surface area contributed by atoms with Crippen LogP contribution in [0.1, 0.15) is 68.7 Å². The quantitative estimate of drug-likeness (QED) is 0.609. The zero-order chi connectivity index (χ0) is 16.7. The Balaban J connectivity index is 4.04. The lowest BCUT2D eigenvalue weighted by molar-refractivity contribution is -0.0910. The highest BCUT2D eigenvalue weighted by atomic mass is 16.6. The van der Waals surface area contributed by atoms with Gasteiger partial charge in [0.15, 0.2) is 0 Å². The summed E-state index contributed by atoms with van der Waals surface area (Å²) in [6, 6.07) is 0. The van der Waals surface area contributed by atoms with Crippen molar-refractivity contribution in [3.63, 3.8) is 0 Å².